The van der Waals surface area contributed by atoms with Crippen molar-refractivity contribution in [3.05, 3.63) is 89.1 Å². The number of carbonyl (C=O) groups is 2. The molecule has 4 rings (SSSR count). The maximum absolute atomic E-state index is 13.0. The molecule has 0 saturated carbocycles. The van der Waals surface area contributed by atoms with Crippen molar-refractivity contribution in [3.8, 4) is 11.4 Å². The first-order valence-electron chi connectivity index (χ1n) is 9.08. The molecule has 6 nitrogen and oxygen atoms in total. The van der Waals surface area contributed by atoms with Gasteiger partial charge < -0.3 is 10.1 Å². The van der Waals surface area contributed by atoms with Gasteiger partial charge in [-0.1, -0.05) is 41.9 Å². The zero-order chi connectivity index (χ0) is 21.1. The van der Waals surface area contributed by atoms with Crippen molar-refractivity contribution in [2.75, 3.05) is 12.4 Å². The van der Waals surface area contributed by atoms with Gasteiger partial charge in [-0.25, -0.2) is 14.8 Å². The molecule has 7 heteroatoms. The van der Waals surface area contributed by atoms with E-state index in [1.54, 1.807) is 42.5 Å². The molecule has 0 aliphatic rings. The number of ether oxygens (including phenoxy) is 1. The molecular weight excluding hydrogens is 402 g/mol. The Kier molecular flexibility index (Phi) is 5.41. The van der Waals surface area contributed by atoms with E-state index in [1.807, 2.05) is 30.3 Å². The van der Waals surface area contributed by atoms with Gasteiger partial charge in [0, 0.05) is 16.6 Å². The molecule has 1 aromatic heterocycles. The number of rotatable bonds is 4. The Morgan fingerprint density at radius 2 is 1.60 bits per heavy atom. The Hall–Kier alpha value is -3.77. The van der Waals surface area contributed by atoms with Crippen molar-refractivity contribution in [1.82, 2.24) is 9.97 Å². The van der Waals surface area contributed by atoms with Crippen LogP contribution in [-0.2, 0) is 4.74 Å². The zero-order valence-electron chi connectivity index (χ0n) is 15.9. The summed E-state index contributed by atoms with van der Waals surface area (Å²) in [4.78, 5) is 33.7. The zero-order valence-corrected chi connectivity index (χ0v) is 16.7. The summed E-state index contributed by atoms with van der Waals surface area (Å²) >= 11 is 6.31. The summed E-state index contributed by atoms with van der Waals surface area (Å²) in [6.45, 7) is 0. The molecule has 0 aliphatic carbocycles. The van der Waals surface area contributed by atoms with Crippen molar-refractivity contribution in [2.24, 2.45) is 0 Å². The van der Waals surface area contributed by atoms with Gasteiger partial charge in [0.15, 0.2) is 5.82 Å². The number of aromatic nitrogens is 2. The molecule has 0 fully saturated rings. The molecule has 0 unspecified atom stereocenters. The molecule has 1 heterocycles. The van der Waals surface area contributed by atoms with Crippen LogP contribution < -0.4 is 5.32 Å². The topological polar surface area (TPSA) is 81.2 Å². The van der Waals surface area contributed by atoms with Gasteiger partial charge in [0.1, 0.15) is 5.69 Å². The van der Waals surface area contributed by atoms with Crippen LogP contribution in [0, 0.1) is 0 Å². The molecule has 30 heavy (non-hydrogen) atoms. The third kappa shape index (κ3) is 3.86. The molecule has 0 aliphatic heterocycles. The van der Waals surface area contributed by atoms with Crippen LogP contribution >= 0.6 is 11.6 Å². The standard InChI is InChI=1S/C23H16ClN3O3/c1-30-23(29)14-10-12-15(13-11-14)25-22(28)20-17-7-3-5-9-19(17)26-21(27-20)16-6-2-4-8-18(16)24/h2-13H,1H3,(H,25,28). The molecule has 0 atom stereocenters. The van der Waals surface area contributed by atoms with Crippen molar-refractivity contribution in [2.45, 2.75) is 0 Å². The van der Waals surface area contributed by atoms with Crippen molar-refractivity contribution in [3.63, 3.8) is 0 Å². The minimum Gasteiger partial charge on any atom is -0.465 e. The van der Waals surface area contributed by atoms with E-state index in [0.717, 1.165) is 0 Å². The molecule has 0 radical (unpaired) electrons. The Balaban J connectivity index is 1.73. The number of methoxy groups -OCH3 is 1. The lowest BCUT2D eigenvalue weighted by molar-refractivity contribution is 0.0600. The van der Waals surface area contributed by atoms with E-state index >= 15 is 0 Å². The van der Waals surface area contributed by atoms with Crippen LogP contribution in [0.4, 0.5) is 5.69 Å². The van der Waals surface area contributed by atoms with E-state index in [9.17, 15) is 9.59 Å². The van der Waals surface area contributed by atoms with Crippen LogP contribution in [0.15, 0.2) is 72.8 Å². The molecule has 3 aromatic carbocycles. The highest BCUT2D eigenvalue weighted by Crippen LogP contribution is 2.27. The van der Waals surface area contributed by atoms with Crippen LogP contribution in [0.5, 0.6) is 0 Å². The van der Waals surface area contributed by atoms with Gasteiger partial charge in [0.25, 0.3) is 5.91 Å². The highest BCUT2D eigenvalue weighted by Gasteiger charge is 2.17. The quantitative estimate of drug-likeness (QED) is 0.473. The normalized spacial score (nSPS) is 10.6. The van der Waals surface area contributed by atoms with E-state index in [-0.39, 0.29) is 5.69 Å². The lowest BCUT2D eigenvalue weighted by atomic mass is 10.1. The average molecular weight is 418 g/mol. The fourth-order valence-electron chi connectivity index (χ4n) is 3.01. The maximum Gasteiger partial charge on any atom is 0.337 e. The number of carbonyl (C=O) groups excluding carboxylic acids is 2. The van der Waals surface area contributed by atoms with Crippen LogP contribution in [-0.4, -0.2) is 29.0 Å². The van der Waals surface area contributed by atoms with E-state index in [4.69, 9.17) is 11.6 Å². The molecule has 148 valence electrons. The smallest absolute Gasteiger partial charge is 0.337 e. The molecule has 0 saturated heterocycles. The number of hydrogen-bond donors (Lipinski definition) is 1. The highest BCUT2D eigenvalue weighted by atomic mass is 35.5. The summed E-state index contributed by atoms with van der Waals surface area (Å²) in [7, 11) is 1.31. The van der Waals surface area contributed by atoms with E-state index < -0.39 is 11.9 Å². The van der Waals surface area contributed by atoms with Gasteiger partial charge >= 0.3 is 5.97 Å². The lowest BCUT2D eigenvalue weighted by Crippen LogP contribution is -2.15. The van der Waals surface area contributed by atoms with E-state index in [2.05, 4.69) is 20.0 Å². The van der Waals surface area contributed by atoms with Gasteiger partial charge in [-0.05, 0) is 42.5 Å². The molecule has 0 bridgehead atoms. The van der Waals surface area contributed by atoms with E-state index in [0.29, 0.717) is 38.6 Å². The number of anilines is 1. The minimum absolute atomic E-state index is 0.229. The number of nitrogens with zero attached hydrogens (tertiary/aromatic N) is 2. The first-order valence-corrected chi connectivity index (χ1v) is 9.46. The molecule has 0 spiro atoms. The highest BCUT2D eigenvalue weighted by molar-refractivity contribution is 6.33. The second kappa shape index (κ2) is 8.31. The second-order valence-corrected chi connectivity index (χ2v) is 6.82. The number of benzene rings is 3. The summed E-state index contributed by atoms with van der Waals surface area (Å²) < 4.78 is 4.69. The Labute approximate surface area is 177 Å². The van der Waals surface area contributed by atoms with Crippen LogP contribution in [0.2, 0.25) is 5.02 Å². The number of amides is 1. The third-order valence-corrected chi connectivity index (χ3v) is 4.83. The average Bonchev–Trinajstić information content (AvgIpc) is 2.78. The summed E-state index contributed by atoms with van der Waals surface area (Å²) in [5.41, 5.74) is 2.42. The maximum atomic E-state index is 13.0. The summed E-state index contributed by atoms with van der Waals surface area (Å²) in [5.74, 6) is -0.475. The minimum atomic E-state index is -0.445. The Morgan fingerprint density at radius 3 is 2.33 bits per heavy atom. The van der Waals surface area contributed by atoms with Gasteiger partial charge in [0.05, 0.1) is 23.2 Å². The fourth-order valence-corrected chi connectivity index (χ4v) is 3.23. The van der Waals surface area contributed by atoms with Gasteiger partial charge in [-0.2, -0.15) is 0 Å². The van der Waals surface area contributed by atoms with E-state index in [1.165, 1.54) is 7.11 Å². The van der Waals surface area contributed by atoms with Crippen LogP contribution in [0.1, 0.15) is 20.8 Å². The number of nitrogens with one attached hydrogen (secondary N) is 1. The van der Waals surface area contributed by atoms with Crippen LogP contribution in [0.25, 0.3) is 22.3 Å². The van der Waals surface area contributed by atoms with Crippen molar-refractivity contribution in [1.29, 1.82) is 0 Å². The number of esters is 1. The molecule has 4 aromatic rings. The van der Waals surface area contributed by atoms with Gasteiger partial charge in [0.2, 0.25) is 0 Å². The monoisotopic (exact) mass is 417 g/mol. The number of halogens is 1. The fraction of sp³-hybridized carbons (Fsp3) is 0.0435. The van der Waals surface area contributed by atoms with Crippen molar-refractivity contribution < 1.29 is 14.3 Å². The summed E-state index contributed by atoms with van der Waals surface area (Å²) in [6, 6.07) is 20.9. The predicted molar refractivity (Wildman–Crippen MR) is 116 cm³/mol. The predicted octanol–water partition coefficient (Wildman–Crippen LogP) is 4.99. The summed E-state index contributed by atoms with van der Waals surface area (Å²) in [6.07, 6.45) is 0. The number of para-hydroxylation sites is 1. The third-order valence-electron chi connectivity index (χ3n) is 4.50. The van der Waals surface area contributed by atoms with Crippen LogP contribution in [0.3, 0.4) is 0 Å². The number of hydrogen-bond acceptors (Lipinski definition) is 5. The number of fused-ring (bicyclic) bond motifs is 1. The SMILES string of the molecule is COC(=O)c1ccc(NC(=O)c2nc(-c3ccccc3Cl)nc3ccccc23)cc1. The first kappa shape index (κ1) is 19.5. The van der Waals surface area contributed by atoms with Gasteiger partial charge in [-0.3, -0.25) is 4.79 Å². The summed E-state index contributed by atoms with van der Waals surface area (Å²) in [5, 5.41) is 3.93. The second-order valence-electron chi connectivity index (χ2n) is 6.42. The first-order chi connectivity index (χ1) is 14.6. The molecular formula is C23H16ClN3O3. The Bertz CT molecular complexity index is 1260. The largest absolute Gasteiger partial charge is 0.465 e. The van der Waals surface area contributed by atoms with Crippen molar-refractivity contribution >= 4 is 40.1 Å². The molecule has 1 N–H and O–H groups in total. The Morgan fingerprint density at radius 1 is 0.900 bits per heavy atom. The van der Waals surface area contributed by atoms with Gasteiger partial charge in [-0.15, -0.1) is 0 Å². The lowest BCUT2D eigenvalue weighted by Gasteiger charge is -2.10. The molecule has 1 amide bonds.